The number of nitro benzene ring substituents is 1. The number of nitrogens with two attached hydrogens (primary N) is 1. The van der Waals surface area contributed by atoms with Crippen LogP contribution in [0.1, 0.15) is 12.8 Å². The van der Waals surface area contributed by atoms with Crippen LogP contribution in [-0.4, -0.2) is 48.2 Å². The number of fused-ring (bicyclic) bond motifs is 1. The fourth-order valence-corrected chi connectivity index (χ4v) is 3.08. The second kappa shape index (κ2) is 5.87. The average molecular weight is 292 g/mol. The third-order valence-electron chi connectivity index (χ3n) is 4.15. The third-order valence-corrected chi connectivity index (χ3v) is 4.15. The predicted octanol–water partition coefficient (Wildman–Crippen LogP) is 1.45. The Morgan fingerprint density at radius 2 is 2.33 bits per heavy atom. The minimum Gasteiger partial charge on any atom is -0.398 e. The Labute approximate surface area is 123 Å². The first kappa shape index (κ1) is 14.1. The van der Waals surface area contributed by atoms with Crippen LogP contribution in [-0.2, 0) is 4.74 Å². The van der Waals surface area contributed by atoms with E-state index in [-0.39, 0.29) is 11.8 Å². The Kier molecular flexibility index (Phi) is 3.94. The van der Waals surface area contributed by atoms with Crippen LogP contribution in [0.15, 0.2) is 18.2 Å². The van der Waals surface area contributed by atoms with Gasteiger partial charge in [-0.2, -0.15) is 0 Å². The lowest BCUT2D eigenvalue weighted by Gasteiger charge is -2.35. The molecule has 1 aromatic carbocycles. The van der Waals surface area contributed by atoms with Crippen molar-refractivity contribution in [2.75, 3.05) is 37.3 Å². The molecule has 2 fully saturated rings. The van der Waals surface area contributed by atoms with Gasteiger partial charge in [0.15, 0.2) is 0 Å². The van der Waals surface area contributed by atoms with Crippen molar-refractivity contribution in [1.82, 2.24) is 4.90 Å². The average Bonchev–Trinajstić information content (AvgIpc) is 2.92. The smallest absolute Gasteiger partial charge is 0.273 e. The standard InChI is InChI=1S/C14H20N4O3/c15-10-4-11(6-13(5-10)18(19)20)16-7-14-8-17-3-1-2-12(17)9-21-14/h4-6,12,14,16H,1-3,7-9,15H2. The molecule has 0 radical (unpaired) electrons. The molecular formula is C14H20N4O3. The Morgan fingerprint density at radius 1 is 1.48 bits per heavy atom. The van der Waals surface area contributed by atoms with Crippen LogP contribution in [0.25, 0.3) is 0 Å². The Bertz CT molecular complexity index is 537. The summed E-state index contributed by atoms with van der Waals surface area (Å²) in [6.45, 7) is 3.48. The first-order chi connectivity index (χ1) is 10.1. The maximum atomic E-state index is 10.8. The van der Waals surface area contributed by atoms with E-state index >= 15 is 0 Å². The maximum Gasteiger partial charge on any atom is 0.273 e. The van der Waals surface area contributed by atoms with Crippen molar-refractivity contribution in [3.63, 3.8) is 0 Å². The molecule has 2 aliphatic rings. The van der Waals surface area contributed by atoms with E-state index in [1.165, 1.54) is 25.0 Å². The molecule has 2 heterocycles. The summed E-state index contributed by atoms with van der Waals surface area (Å²) in [6.07, 6.45) is 2.58. The topological polar surface area (TPSA) is 93.7 Å². The van der Waals surface area contributed by atoms with Gasteiger partial charge in [-0.25, -0.2) is 0 Å². The molecule has 0 bridgehead atoms. The van der Waals surface area contributed by atoms with Gasteiger partial charge in [0.25, 0.3) is 5.69 Å². The van der Waals surface area contributed by atoms with Crippen LogP contribution in [0.3, 0.4) is 0 Å². The van der Waals surface area contributed by atoms with Gasteiger partial charge >= 0.3 is 0 Å². The second-order valence-corrected chi connectivity index (χ2v) is 5.70. The number of benzene rings is 1. The normalized spacial score (nSPS) is 25.5. The van der Waals surface area contributed by atoms with Gasteiger partial charge in [-0.3, -0.25) is 15.0 Å². The van der Waals surface area contributed by atoms with Crippen LogP contribution >= 0.6 is 0 Å². The highest BCUT2D eigenvalue weighted by Crippen LogP contribution is 2.24. The minimum absolute atomic E-state index is 0.00155. The number of ether oxygens (including phenoxy) is 1. The Hall–Kier alpha value is -1.86. The van der Waals surface area contributed by atoms with E-state index in [0.717, 1.165) is 19.7 Å². The molecule has 2 saturated heterocycles. The van der Waals surface area contributed by atoms with Crippen molar-refractivity contribution in [1.29, 1.82) is 0 Å². The molecular weight excluding hydrogens is 272 g/mol. The number of nitrogen functional groups attached to an aromatic ring is 1. The number of morpholine rings is 1. The first-order valence-corrected chi connectivity index (χ1v) is 7.26. The second-order valence-electron chi connectivity index (χ2n) is 5.70. The van der Waals surface area contributed by atoms with E-state index in [4.69, 9.17) is 10.5 Å². The summed E-state index contributed by atoms with van der Waals surface area (Å²) in [5, 5.41) is 14.0. The largest absolute Gasteiger partial charge is 0.398 e. The van der Waals surface area contributed by atoms with Crippen LogP contribution in [0.4, 0.5) is 17.1 Å². The lowest BCUT2D eigenvalue weighted by Crippen LogP contribution is -2.48. The van der Waals surface area contributed by atoms with Gasteiger partial charge in [-0.1, -0.05) is 0 Å². The Morgan fingerprint density at radius 3 is 3.14 bits per heavy atom. The fourth-order valence-electron chi connectivity index (χ4n) is 3.08. The molecule has 0 amide bonds. The van der Waals surface area contributed by atoms with Crippen LogP contribution in [0, 0.1) is 10.1 Å². The van der Waals surface area contributed by atoms with E-state index in [9.17, 15) is 10.1 Å². The number of rotatable bonds is 4. The highest BCUT2D eigenvalue weighted by molar-refractivity contribution is 5.61. The third kappa shape index (κ3) is 3.25. The van der Waals surface area contributed by atoms with Crippen molar-refractivity contribution in [3.8, 4) is 0 Å². The monoisotopic (exact) mass is 292 g/mol. The predicted molar refractivity (Wildman–Crippen MR) is 80.3 cm³/mol. The summed E-state index contributed by atoms with van der Waals surface area (Å²) in [4.78, 5) is 12.9. The van der Waals surface area contributed by atoms with Crippen molar-refractivity contribution >= 4 is 17.1 Å². The summed E-state index contributed by atoms with van der Waals surface area (Å²) in [5.41, 5.74) is 6.74. The van der Waals surface area contributed by atoms with E-state index in [1.54, 1.807) is 6.07 Å². The summed E-state index contributed by atoms with van der Waals surface area (Å²) >= 11 is 0. The first-order valence-electron chi connectivity index (χ1n) is 7.26. The molecule has 0 spiro atoms. The zero-order chi connectivity index (χ0) is 14.8. The maximum absolute atomic E-state index is 10.8. The van der Waals surface area contributed by atoms with Crippen molar-refractivity contribution in [2.24, 2.45) is 0 Å². The number of hydrogen-bond acceptors (Lipinski definition) is 6. The zero-order valence-corrected chi connectivity index (χ0v) is 11.8. The molecule has 0 aliphatic carbocycles. The molecule has 3 rings (SSSR count). The molecule has 0 saturated carbocycles. The van der Waals surface area contributed by atoms with E-state index < -0.39 is 4.92 Å². The summed E-state index contributed by atoms with van der Waals surface area (Å²) < 4.78 is 5.85. The summed E-state index contributed by atoms with van der Waals surface area (Å²) in [7, 11) is 0. The van der Waals surface area contributed by atoms with Crippen molar-refractivity contribution < 1.29 is 9.66 Å². The van der Waals surface area contributed by atoms with Crippen LogP contribution in [0.5, 0.6) is 0 Å². The number of anilines is 2. The molecule has 7 heteroatoms. The number of nitrogens with zero attached hydrogens (tertiary/aromatic N) is 2. The van der Waals surface area contributed by atoms with Crippen molar-refractivity contribution in [2.45, 2.75) is 25.0 Å². The fraction of sp³-hybridized carbons (Fsp3) is 0.571. The highest BCUT2D eigenvalue weighted by atomic mass is 16.6. The van der Waals surface area contributed by atoms with Gasteiger partial charge in [0.1, 0.15) is 0 Å². The van der Waals surface area contributed by atoms with Crippen LogP contribution < -0.4 is 11.1 Å². The number of nitro groups is 1. The van der Waals surface area contributed by atoms with E-state index in [2.05, 4.69) is 10.2 Å². The molecule has 2 atom stereocenters. The molecule has 114 valence electrons. The SMILES string of the molecule is Nc1cc(NCC2CN3CCCC3CO2)cc([N+](=O)[O-])c1. The van der Waals surface area contributed by atoms with Gasteiger partial charge < -0.3 is 15.8 Å². The minimum atomic E-state index is -0.437. The summed E-state index contributed by atoms with van der Waals surface area (Å²) in [6, 6.07) is 5.14. The van der Waals surface area contributed by atoms with Gasteiger partial charge in [0.05, 0.1) is 17.6 Å². The molecule has 3 N–H and O–H groups in total. The van der Waals surface area contributed by atoms with Crippen LogP contribution in [0.2, 0.25) is 0 Å². The highest BCUT2D eigenvalue weighted by Gasteiger charge is 2.31. The lowest BCUT2D eigenvalue weighted by atomic mass is 10.2. The lowest BCUT2D eigenvalue weighted by molar-refractivity contribution is -0.384. The molecule has 2 aliphatic heterocycles. The van der Waals surface area contributed by atoms with E-state index in [1.807, 2.05) is 0 Å². The number of non-ortho nitro benzene ring substituents is 1. The Balaban J connectivity index is 1.59. The molecule has 7 nitrogen and oxygen atoms in total. The van der Waals surface area contributed by atoms with Gasteiger partial charge in [0, 0.05) is 42.6 Å². The molecule has 21 heavy (non-hydrogen) atoms. The molecule has 1 aromatic rings. The summed E-state index contributed by atoms with van der Waals surface area (Å²) in [5.74, 6) is 0. The number of nitrogens with one attached hydrogen (secondary N) is 1. The van der Waals surface area contributed by atoms with Gasteiger partial charge in [-0.15, -0.1) is 0 Å². The van der Waals surface area contributed by atoms with E-state index in [0.29, 0.717) is 24.0 Å². The molecule has 2 unspecified atom stereocenters. The van der Waals surface area contributed by atoms with Gasteiger partial charge in [-0.05, 0) is 25.5 Å². The van der Waals surface area contributed by atoms with Gasteiger partial charge in [0.2, 0.25) is 0 Å². The van der Waals surface area contributed by atoms with Crippen molar-refractivity contribution in [3.05, 3.63) is 28.3 Å². The quantitative estimate of drug-likeness (QED) is 0.495. The number of hydrogen-bond donors (Lipinski definition) is 2. The molecule has 0 aromatic heterocycles. The zero-order valence-electron chi connectivity index (χ0n) is 11.8.